The van der Waals surface area contributed by atoms with Gasteiger partial charge in [0.15, 0.2) is 11.5 Å². The molecule has 6 heteroatoms. The second-order valence-electron chi connectivity index (χ2n) is 6.74. The highest BCUT2D eigenvalue weighted by molar-refractivity contribution is 6.00. The number of benzene rings is 2. The number of hydrogen-bond donors (Lipinski definition) is 2. The molecule has 1 aliphatic carbocycles. The Kier molecular flexibility index (Phi) is 3.77. The van der Waals surface area contributed by atoms with Gasteiger partial charge in [-0.2, -0.15) is 0 Å². The summed E-state index contributed by atoms with van der Waals surface area (Å²) in [5.41, 5.74) is 18.9. The van der Waals surface area contributed by atoms with Crippen molar-refractivity contribution >= 4 is 17.4 Å². The van der Waals surface area contributed by atoms with E-state index in [1.54, 1.807) is 6.07 Å². The molecule has 6 nitrogen and oxygen atoms in total. The lowest BCUT2D eigenvalue weighted by Gasteiger charge is -2.13. The van der Waals surface area contributed by atoms with Crippen LogP contribution >= 0.6 is 0 Å². The fourth-order valence-electron chi connectivity index (χ4n) is 3.62. The summed E-state index contributed by atoms with van der Waals surface area (Å²) in [5, 5.41) is 8.43. The predicted molar refractivity (Wildman–Crippen MR) is 103 cm³/mol. The van der Waals surface area contributed by atoms with E-state index >= 15 is 0 Å². The number of carbonyl (C=O) groups excluding carboxylic acids is 2. The minimum Gasteiger partial charge on any atom is -0.398 e. The molecule has 4 rings (SSSR count). The summed E-state index contributed by atoms with van der Waals surface area (Å²) in [7, 11) is 0. The Balaban J connectivity index is 2.03. The number of fused-ring (bicyclic) bond motifs is 3. The lowest BCUT2D eigenvalue weighted by Crippen LogP contribution is -2.17. The van der Waals surface area contributed by atoms with Crippen LogP contribution in [0, 0.1) is 6.92 Å². The zero-order chi connectivity index (χ0) is 19.3. The Morgan fingerprint density at radius 2 is 1.85 bits per heavy atom. The maximum Gasteiger partial charge on any atom is 0.269 e. The fraction of sp³-hybridized carbons (Fsp3) is 0.143. The second kappa shape index (κ2) is 6.02. The summed E-state index contributed by atoms with van der Waals surface area (Å²) in [6, 6.07) is 11.2. The number of carbonyl (C=O) groups is 2. The third-order valence-electron chi connectivity index (χ3n) is 5.09. The van der Waals surface area contributed by atoms with E-state index in [9.17, 15) is 9.59 Å². The number of amides is 1. The summed E-state index contributed by atoms with van der Waals surface area (Å²) >= 11 is 0. The highest BCUT2D eigenvalue weighted by Gasteiger charge is 2.29. The number of ketones is 1. The van der Waals surface area contributed by atoms with Gasteiger partial charge < -0.3 is 11.5 Å². The molecule has 1 aromatic heterocycles. The monoisotopic (exact) mass is 358 g/mol. The molecule has 0 bridgehead atoms. The number of aromatic nitrogens is 2. The van der Waals surface area contributed by atoms with Crippen molar-refractivity contribution in [3.8, 4) is 22.4 Å². The van der Waals surface area contributed by atoms with Crippen molar-refractivity contribution in [2.75, 3.05) is 5.73 Å². The standard InChI is InChI=1S/C21H18N4O2/c1-10-14(4-3-5-17(10)22)19-18-15-7-6-12(11(2)26)8-13(15)9-16(18)20(21(23)27)25-24-19/h3-8H,9,22H2,1-2H3,(H2,23,27). The Bertz CT molecular complexity index is 1140. The van der Waals surface area contributed by atoms with Crippen LogP contribution in [0.5, 0.6) is 0 Å². The number of nitrogen functional groups attached to an aromatic ring is 1. The fourth-order valence-corrected chi connectivity index (χ4v) is 3.62. The minimum atomic E-state index is -0.616. The molecule has 0 aliphatic heterocycles. The molecule has 27 heavy (non-hydrogen) atoms. The largest absolute Gasteiger partial charge is 0.398 e. The van der Waals surface area contributed by atoms with Crippen LogP contribution in [-0.2, 0) is 6.42 Å². The van der Waals surface area contributed by atoms with Crippen LogP contribution in [0.15, 0.2) is 36.4 Å². The minimum absolute atomic E-state index is 0.00738. The van der Waals surface area contributed by atoms with E-state index in [-0.39, 0.29) is 11.5 Å². The van der Waals surface area contributed by atoms with Gasteiger partial charge in [-0.05, 0) is 48.2 Å². The molecule has 4 N–H and O–H groups in total. The van der Waals surface area contributed by atoms with Crippen LogP contribution in [0.3, 0.4) is 0 Å². The van der Waals surface area contributed by atoms with E-state index in [0.29, 0.717) is 23.4 Å². The van der Waals surface area contributed by atoms with Crippen LogP contribution < -0.4 is 11.5 Å². The van der Waals surface area contributed by atoms with Crippen molar-refractivity contribution in [3.05, 3.63) is 64.3 Å². The summed E-state index contributed by atoms with van der Waals surface area (Å²) < 4.78 is 0. The smallest absolute Gasteiger partial charge is 0.269 e. The number of anilines is 1. The average molecular weight is 358 g/mol. The molecule has 2 aromatic carbocycles. The van der Waals surface area contributed by atoms with E-state index in [4.69, 9.17) is 11.5 Å². The van der Waals surface area contributed by atoms with E-state index in [2.05, 4.69) is 10.2 Å². The van der Waals surface area contributed by atoms with Crippen LogP contribution in [-0.4, -0.2) is 21.9 Å². The molecule has 0 spiro atoms. The van der Waals surface area contributed by atoms with E-state index < -0.39 is 5.91 Å². The first kappa shape index (κ1) is 16.9. The maximum absolute atomic E-state index is 11.9. The van der Waals surface area contributed by atoms with Gasteiger partial charge in [-0.15, -0.1) is 10.2 Å². The molecule has 1 heterocycles. The first-order chi connectivity index (χ1) is 12.9. The van der Waals surface area contributed by atoms with Crippen molar-refractivity contribution in [2.45, 2.75) is 20.3 Å². The first-order valence-electron chi connectivity index (χ1n) is 8.57. The van der Waals surface area contributed by atoms with Gasteiger partial charge in [-0.1, -0.05) is 24.3 Å². The van der Waals surface area contributed by atoms with Gasteiger partial charge in [-0.3, -0.25) is 9.59 Å². The summed E-state index contributed by atoms with van der Waals surface area (Å²) in [5.74, 6) is -0.624. The molecule has 0 unspecified atom stereocenters. The van der Waals surface area contributed by atoms with Gasteiger partial charge in [0, 0.05) is 28.8 Å². The van der Waals surface area contributed by atoms with Crippen molar-refractivity contribution in [1.82, 2.24) is 10.2 Å². The average Bonchev–Trinajstić information content (AvgIpc) is 3.01. The maximum atomic E-state index is 11.9. The Morgan fingerprint density at radius 3 is 2.56 bits per heavy atom. The molecule has 1 aliphatic rings. The van der Waals surface area contributed by atoms with Crippen LogP contribution in [0.25, 0.3) is 22.4 Å². The van der Waals surface area contributed by atoms with Crippen molar-refractivity contribution in [3.63, 3.8) is 0 Å². The molecule has 1 amide bonds. The van der Waals surface area contributed by atoms with Gasteiger partial charge in [0.25, 0.3) is 5.91 Å². The number of rotatable bonds is 3. The molecule has 0 radical (unpaired) electrons. The zero-order valence-corrected chi connectivity index (χ0v) is 15.0. The third kappa shape index (κ3) is 2.57. The third-order valence-corrected chi connectivity index (χ3v) is 5.09. The normalized spacial score (nSPS) is 11.8. The summed E-state index contributed by atoms with van der Waals surface area (Å²) in [4.78, 5) is 23.7. The van der Waals surface area contributed by atoms with Gasteiger partial charge in [0.05, 0.1) is 0 Å². The Labute approximate surface area is 156 Å². The highest BCUT2D eigenvalue weighted by atomic mass is 16.1. The van der Waals surface area contributed by atoms with Gasteiger partial charge in [0.2, 0.25) is 0 Å². The first-order valence-corrected chi connectivity index (χ1v) is 8.57. The van der Waals surface area contributed by atoms with Crippen molar-refractivity contribution in [1.29, 1.82) is 0 Å². The zero-order valence-electron chi connectivity index (χ0n) is 15.0. The van der Waals surface area contributed by atoms with Gasteiger partial charge in [-0.25, -0.2) is 0 Å². The van der Waals surface area contributed by atoms with Crippen LogP contribution in [0.4, 0.5) is 5.69 Å². The molecular weight excluding hydrogens is 340 g/mol. The highest BCUT2D eigenvalue weighted by Crippen LogP contribution is 2.44. The lowest BCUT2D eigenvalue weighted by atomic mass is 9.95. The van der Waals surface area contributed by atoms with Crippen LogP contribution in [0.2, 0.25) is 0 Å². The molecule has 134 valence electrons. The second-order valence-corrected chi connectivity index (χ2v) is 6.74. The molecule has 0 fully saturated rings. The Hall–Kier alpha value is -3.54. The molecule has 0 saturated carbocycles. The number of nitrogens with zero attached hydrogens (tertiary/aromatic N) is 2. The summed E-state index contributed by atoms with van der Waals surface area (Å²) in [6.07, 6.45) is 0.480. The molecule has 0 saturated heterocycles. The number of hydrogen-bond acceptors (Lipinski definition) is 5. The van der Waals surface area contributed by atoms with E-state index in [1.165, 1.54) is 6.92 Å². The van der Waals surface area contributed by atoms with Gasteiger partial charge >= 0.3 is 0 Å². The van der Waals surface area contributed by atoms with E-state index in [0.717, 1.165) is 33.4 Å². The van der Waals surface area contributed by atoms with Crippen LogP contribution in [0.1, 0.15) is 44.5 Å². The number of primary amides is 1. The topological polar surface area (TPSA) is 112 Å². The quantitative estimate of drug-likeness (QED) is 0.432. The molecule has 0 atom stereocenters. The predicted octanol–water partition coefficient (Wildman–Crippen LogP) is 2.91. The number of nitrogens with two attached hydrogens (primary N) is 2. The Morgan fingerprint density at radius 1 is 1.07 bits per heavy atom. The van der Waals surface area contributed by atoms with E-state index in [1.807, 2.05) is 37.3 Å². The van der Waals surface area contributed by atoms with Crippen molar-refractivity contribution < 1.29 is 9.59 Å². The molecular formula is C21H18N4O2. The SMILES string of the molecule is CC(=O)c1ccc2c(c1)Cc1c(C(N)=O)nnc(-c3cccc(N)c3C)c1-2. The van der Waals surface area contributed by atoms with Crippen molar-refractivity contribution in [2.24, 2.45) is 5.73 Å². The number of Topliss-reactive ketones (excluding diaryl/α,β-unsaturated/α-hetero) is 1. The lowest BCUT2D eigenvalue weighted by molar-refractivity contribution is 0.0990. The summed E-state index contributed by atoms with van der Waals surface area (Å²) in [6.45, 7) is 3.46. The van der Waals surface area contributed by atoms with Gasteiger partial charge in [0.1, 0.15) is 5.69 Å². The molecule has 3 aromatic rings.